The fourth-order valence-corrected chi connectivity index (χ4v) is 3.05. The van der Waals surface area contributed by atoms with Crippen LogP contribution < -0.4 is 5.32 Å². The number of nitrogens with zero attached hydrogens (tertiary/aromatic N) is 2. The normalized spacial score (nSPS) is 14.8. The summed E-state index contributed by atoms with van der Waals surface area (Å²) in [6.45, 7) is 2.76. The lowest BCUT2D eigenvalue weighted by molar-refractivity contribution is 0.422. The summed E-state index contributed by atoms with van der Waals surface area (Å²) in [5.74, 6) is 2.38. The van der Waals surface area contributed by atoms with E-state index in [1.165, 1.54) is 18.4 Å². The Morgan fingerprint density at radius 1 is 1.19 bits per heavy atom. The molecule has 1 fully saturated rings. The molecule has 0 amide bonds. The second-order valence-electron chi connectivity index (χ2n) is 6.85. The van der Waals surface area contributed by atoms with E-state index in [-0.39, 0.29) is 6.04 Å². The Bertz CT molecular complexity index is 933. The van der Waals surface area contributed by atoms with Crippen LogP contribution in [-0.4, -0.2) is 4.98 Å². The molecule has 4 rings (SSSR count). The monoisotopic (exact) mass is 343 g/mol. The van der Waals surface area contributed by atoms with Crippen molar-refractivity contribution >= 4 is 0 Å². The number of benzene rings is 2. The zero-order chi connectivity index (χ0) is 17.9. The first-order valence-corrected chi connectivity index (χ1v) is 9.01. The third kappa shape index (κ3) is 3.68. The summed E-state index contributed by atoms with van der Waals surface area (Å²) in [5.41, 5.74) is 4.06. The van der Waals surface area contributed by atoms with Gasteiger partial charge in [-0.25, -0.2) is 4.98 Å². The summed E-state index contributed by atoms with van der Waals surface area (Å²) in [6.07, 6.45) is 4.31. The molecule has 0 spiro atoms. The predicted molar refractivity (Wildman–Crippen MR) is 100 cm³/mol. The molecule has 1 N–H and O–H groups in total. The van der Waals surface area contributed by atoms with Crippen LogP contribution >= 0.6 is 0 Å². The average Bonchev–Trinajstić information content (AvgIpc) is 3.44. The molecule has 0 saturated heterocycles. The van der Waals surface area contributed by atoms with Gasteiger partial charge in [0.1, 0.15) is 5.76 Å². The molecule has 1 aliphatic carbocycles. The van der Waals surface area contributed by atoms with Crippen molar-refractivity contribution in [2.45, 2.75) is 38.3 Å². The van der Waals surface area contributed by atoms with E-state index in [0.717, 1.165) is 22.8 Å². The molecule has 3 aromatic rings. The Hall–Kier alpha value is -2.90. The van der Waals surface area contributed by atoms with Crippen molar-refractivity contribution in [3.05, 3.63) is 77.5 Å². The van der Waals surface area contributed by atoms with Crippen LogP contribution in [0.25, 0.3) is 11.1 Å². The molecular formula is C22H21N3O. The standard InChI is InChI=1S/C22H21N3O/c1-15(24-14-22-25-13-21(26-22)19-9-10-19)17-5-7-18(8-6-17)20-4-2-3-16(11-20)12-23/h2-8,11,13,15,19,24H,9-10,14H2,1H3. The van der Waals surface area contributed by atoms with Gasteiger partial charge in [-0.3, -0.25) is 0 Å². The van der Waals surface area contributed by atoms with Crippen molar-refractivity contribution in [2.24, 2.45) is 0 Å². The molecule has 1 saturated carbocycles. The summed E-state index contributed by atoms with van der Waals surface area (Å²) >= 11 is 0. The molecule has 26 heavy (non-hydrogen) atoms. The summed E-state index contributed by atoms with van der Waals surface area (Å²) < 4.78 is 5.79. The molecule has 2 aromatic carbocycles. The minimum absolute atomic E-state index is 0.200. The maximum absolute atomic E-state index is 9.04. The first kappa shape index (κ1) is 16.6. The maximum Gasteiger partial charge on any atom is 0.208 e. The van der Waals surface area contributed by atoms with Crippen LogP contribution in [0.4, 0.5) is 0 Å². The Kier molecular flexibility index (Phi) is 4.55. The molecule has 0 radical (unpaired) electrons. The van der Waals surface area contributed by atoms with Gasteiger partial charge in [0, 0.05) is 12.0 Å². The topological polar surface area (TPSA) is 61.9 Å². The van der Waals surface area contributed by atoms with Gasteiger partial charge in [0.25, 0.3) is 0 Å². The quantitative estimate of drug-likeness (QED) is 0.688. The molecule has 1 aromatic heterocycles. The molecule has 130 valence electrons. The van der Waals surface area contributed by atoms with Gasteiger partial charge < -0.3 is 9.73 Å². The molecule has 0 bridgehead atoms. The van der Waals surface area contributed by atoms with Crippen molar-refractivity contribution in [1.29, 1.82) is 5.26 Å². The maximum atomic E-state index is 9.04. The second-order valence-corrected chi connectivity index (χ2v) is 6.85. The van der Waals surface area contributed by atoms with Gasteiger partial charge in [-0.15, -0.1) is 0 Å². The summed E-state index contributed by atoms with van der Waals surface area (Å²) in [4.78, 5) is 4.36. The molecular weight excluding hydrogens is 322 g/mol. The molecule has 1 atom stereocenters. The first-order chi connectivity index (χ1) is 12.7. The van der Waals surface area contributed by atoms with Crippen LogP contribution in [0.3, 0.4) is 0 Å². The lowest BCUT2D eigenvalue weighted by Gasteiger charge is -2.13. The van der Waals surface area contributed by atoms with E-state index in [4.69, 9.17) is 9.68 Å². The highest BCUT2D eigenvalue weighted by Crippen LogP contribution is 2.40. The van der Waals surface area contributed by atoms with Crippen LogP contribution in [0, 0.1) is 11.3 Å². The van der Waals surface area contributed by atoms with E-state index in [9.17, 15) is 0 Å². The third-order valence-electron chi connectivity index (χ3n) is 4.85. The minimum atomic E-state index is 0.200. The molecule has 4 heteroatoms. The SMILES string of the molecule is CC(NCc1ncc(C2CC2)o1)c1ccc(-c2cccc(C#N)c2)cc1. The first-order valence-electron chi connectivity index (χ1n) is 9.01. The highest BCUT2D eigenvalue weighted by Gasteiger charge is 2.27. The second kappa shape index (κ2) is 7.15. The Balaban J connectivity index is 1.39. The molecule has 1 aliphatic rings. The number of hydrogen-bond donors (Lipinski definition) is 1. The number of rotatable bonds is 6. The van der Waals surface area contributed by atoms with E-state index < -0.39 is 0 Å². The molecule has 1 unspecified atom stereocenters. The van der Waals surface area contributed by atoms with Crippen molar-refractivity contribution < 1.29 is 4.42 Å². The van der Waals surface area contributed by atoms with Crippen LogP contribution in [0.5, 0.6) is 0 Å². The molecule has 0 aliphatic heterocycles. The van der Waals surface area contributed by atoms with Gasteiger partial charge in [-0.05, 0) is 48.6 Å². The summed E-state index contributed by atoms with van der Waals surface area (Å²) in [7, 11) is 0. The van der Waals surface area contributed by atoms with Crippen molar-refractivity contribution in [3.63, 3.8) is 0 Å². The smallest absolute Gasteiger partial charge is 0.208 e. The van der Waals surface area contributed by atoms with Crippen molar-refractivity contribution in [2.75, 3.05) is 0 Å². The number of aromatic nitrogens is 1. The highest BCUT2D eigenvalue weighted by molar-refractivity contribution is 5.65. The van der Waals surface area contributed by atoms with Crippen LogP contribution in [0.2, 0.25) is 0 Å². The number of oxazole rings is 1. The third-order valence-corrected chi connectivity index (χ3v) is 4.85. The van der Waals surface area contributed by atoms with Crippen molar-refractivity contribution in [1.82, 2.24) is 10.3 Å². The molecule has 1 heterocycles. The van der Waals surface area contributed by atoms with Crippen LogP contribution in [0.1, 0.15) is 54.5 Å². The summed E-state index contributed by atoms with van der Waals surface area (Å²) in [5, 5.41) is 12.5. The van der Waals surface area contributed by atoms with Crippen molar-refractivity contribution in [3.8, 4) is 17.2 Å². The van der Waals surface area contributed by atoms with E-state index in [2.05, 4.69) is 47.6 Å². The summed E-state index contributed by atoms with van der Waals surface area (Å²) in [6, 6.07) is 18.5. The zero-order valence-corrected chi connectivity index (χ0v) is 14.8. The van der Waals surface area contributed by atoms with Crippen LogP contribution in [-0.2, 0) is 6.54 Å². The Morgan fingerprint density at radius 2 is 2.00 bits per heavy atom. The molecule has 4 nitrogen and oxygen atoms in total. The average molecular weight is 343 g/mol. The van der Waals surface area contributed by atoms with Gasteiger partial charge in [-0.1, -0.05) is 36.4 Å². The van der Waals surface area contributed by atoms with Gasteiger partial charge >= 0.3 is 0 Å². The fourth-order valence-electron chi connectivity index (χ4n) is 3.05. The van der Waals surface area contributed by atoms with Gasteiger partial charge in [0.05, 0.1) is 24.4 Å². The van der Waals surface area contributed by atoms with Gasteiger partial charge in [-0.2, -0.15) is 5.26 Å². The Labute approximate surface area is 153 Å². The number of hydrogen-bond acceptors (Lipinski definition) is 4. The largest absolute Gasteiger partial charge is 0.444 e. The highest BCUT2D eigenvalue weighted by atomic mass is 16.4. The minimum Gasteiger partial charge on any atom is -0.444 e. The van der Waals surface area contributed by atoms with Gasteiger partial charge in [0.15, 0.2) is 0 Å². The number of nitrogens with one attached hydrogen (secondary N) is 1. The van der Waals surface area contributed by atoms with Crippen LogP contribution in [0.15, 0.2) is 59.1 Å². The fraction of sp³-hybridized carbons (Fsp3) is 0.273. The van der Waals surface area contributed by atoms with E-state index in [1.807, 2.05) is 30.5 Å². The predicted octanol–water partition coefficient (Wildman–Crippen LogP) is 4.94. The lowest BCUT2D eigenvalue weighted by Crippen LogP contribution is -2.18. The van der Waals surface area contributed by atoms with E-state index in [0.29, 0.717) is 18.0 Å². The zero-order valence-electron chi connectivity index (χ0n) is 14.8. The Morgan fingerprint density at radius 3 is 2.73 bits per heavy atom. The van der Waals surface area contributed by atoms with E-state index >= 15 is 0 Å². The van der Waals surface area contributed by atoms with Gasteiger partial charge in [0.2, 0.25) is 5.89 Å². The van der Waals surface area contributed by atoms with E-state index in [1.54, 1.807) is 0 Å². The lowest BCUT2D eigenvalue weighted by atomic mass is 10.00. The number of nitriles is 1.